The fourth-order valence-electron chi connectivity index (χ4n) is 2.22. The molecule has 0 aliphatic carbocycles. The van der Waals surface area contributed by atoms with E-state index in [-0.39, 0.29) is 11.3 Å². The predicted octanol–water partition coefficient (Wildman–Crippen LogP) is 4.10. The molecule has 0 heterocycles. The number of carboxylic acids is 1. The highest BCUT2D eigenvalue weighted by atomic mass is 16.4. The van der Waals surface area contributed by atoms with Crippen LogP contribution in [-0.4, -0.2) is 16.2 Å². The summed E-state index contributed by atoms with van der Waals surface area (Å²) in [7, 11) is 0. The largest absolute Gasteiger partial charge is 0.506 e. The Balaban J connectivity index is 2.41. The second-order valence-corrected chi connectivity index (χ2v) is 4.81. The zero-order valence-electron chi connectivity index (χ0n) is 11.5. The summed E-state index contributed by atoms with van der Waals surface area (Å²) in [5, 5.41) is 19.1. The minimum absolute atomic E-state index is 0.0681. The van der Waals surface area contributed by atoms with Crippen LogP contribution in [0.2, 0.25) is 0 Å². The Morgan fingerprint density at radius 3 is 2.60 bits per heavy atom. The molecule has 2 aromatic carbocycles. The Morgan fingerprint density at radius 2 is 1.90 bits per heavy atom. The summed E-state index contributed by atoms with van der Waals surface area (Å²) < 4.78 is 0. The Bertz CT molecular complexity index is 617. The van der Waals surface area contributed by atoms with Crippen LogP contribution < -0.4 is 0 Å². The van der Waals surface area contributed by atoms with Crippen LogP contribution in [0.15, 0.2) is 42.5 Å². The maximum absolute atomic E-state index is 11.1. The van der Waals surface area contributed by atoms with Crippen LogP contribution in [0, 0.1) is 0 Å². The number of para-hydroxylation sites is 1. The van der Waals surface area contributed by atoms with Crippen LogP contribution >= 0.6 is 0 Å². The molecule has 2 rings (SSSR count). The van der Waals surface area contributed by atoms with Gasteiger partial charge in [0.2, 0.25) is 0 Å². The molecule has 0 atom stereocenters. The van der Waals surface area contributed by atoms with Crippen LogP contribution in [-0.2, 0) is 6.42 Å². The minimum Gasteiger partial charge on any atom is -0.506 e. The van der Waals surface area contributed by atoms with E-state index in [1.54, 1.807) is 12.1 Å². The Labute approximate surface area is 118 Å². The molecule has 2 aromatic rings. The quantitative estimate of drug-likeness (QED) is 0.860. The van der Waals surface area contributed by atoms with Gasteiger partial charge in [-0.15, -0.1) is 0 Å². The van der Waals surface area contributed by atoms with Crippen LogP contribution in [0.5, 0.6) is 5.75 Å². The van der Waals surface area contributed by atoms with Gasteiger partial charge in [0.1, 0.15) is 11.3 Å². The molecule has 0 amide bonds. The summed E-state index contributed by atoms with van der Waals surface area (Å²) in [6.07, 6.45) is 3.23. The Kier molecular flexibility index (Phi) is 4.41. The van der Waals surface area contributed by atoms with Gasteiger partial charge in [0.05, 0.1) is 0 Å². The lowest BCUT2D eigenvalue weighted by Crippen LogP contribution is -1.97. The second-order valence-electron chi connectivity index (χ2n) is 4.81. The van der Waals surface area contributed by atoms with E-state index in [2.05, 4.69) is 13.0 Å². The summed E-state index contributed by atoms with van der Waals surface area (Å²) in [6, 6.07) is 12.7. The van der Waals surface area contributed by atoms with Crippen LogP contribution in [0.3, 0.4) is 0 Å². The molecule has 0 bridgehead atoms. The lowest BCUT2D eigenvalue weighted by Gasteiger charge is -2.09. The van der Waals surface area contributed by atoms with E-state index in [1.165, 1.54) is 11.6 Å². The lowest BCUT2D eigenvalue weighted by atomic mass is 9.98. The molecule has 20 heavy (non-hydrogen) atoms. The number of unbranched alkanes of at least 4 members (excludes halogenated alkanes) is 1. The molecule has 2 N–H and O–H groups in total. The van der Waals surface area contributed by atoms with E-state index in [0.717, 1.165) is 24.8 Å². The number of aryl methyl sites for hydroxylation is 1. The molecule has 0 saturated carbocycles. The molecule has 0 aliphatic heterocycles. The zero-order chi connectivity index (χ0) is 14.5. The van der Waals surface area contributed by atoms with Crippen molar-refractivity contribution in [1.29, 1.82) is 0 Å². The van der Waals surface area contributed by atoms with Gasteiger partial charge in [0.15, 0.2) is 0 Å². The fraction of sp³-hybridized carbons (Fsp3) is 0.235. The number of carboxylic acid groups (broad SMARTS) is 1. The van der Waals surface area contributed by atoms with Gasteiger partial charge in [-0.05, 0) is 30.0 Å². The van der Waals surface area contributed by atoms with Crippen LogP contribution in [0.1, 0.15) is 35.7 Å². The monoisotopic (exact) mass is 270 g/mol. The number of aromatic carboxylic acids is 1. The van der Waals surface area contributed by atoms with Crippen molar-refractivity contribution in [3.8, 4) is 16.9 Å². The molecule has 0 saturated heterocycles. The van der Waals surface area contributed by atoms with Crippen molar-refractivity contribution in [3.05, 3.63) is 53.6 Å². The summed E-state index contributed by atoms with van der Waals surface area (Å²) in [5.41, 5.74) is 2.54. The van der Waals surface area contributed by atoms with Gasteiger partial charge in [-0.2, -0.15) is 0 Å². The topological polar surface area (TPSA) is 57.5 Å². The van der Waals surface area contributed by atoms with Gasteiger partial charge >= 0.3 is 5.97 Å². The third kappa shape index (κ3) is 2.99. The van der Waals surface area contributed by atoms with E-state index in [4.69, 9.17) is 5.11 Å². The number of carbonyl (C=O) groups is 1. The number of rotatable bonds is 5. The standard InChI is InChI=1S/C17H18O3/c1-2-3-6-12-7-4-8-13(11-12)14-9-5-10-15(16(14)18)17(19)20/h4-5,7-11,18H,2-3,6H2,1H3,(H,19,20). The maximum atomic E-state index is 11.1. The van der Waals surface area contributed by atoms with Crippen molar-refractivity contribution in [2.45, 2.75) is 26.2 Å². The fourth-order valence-corrected chi connectivity index (χ4v) is 2.22. The van der Waals surface area contributed by atoms with Gasteiger partial charge in [-0.3, -0.25) is 0 Å². The third-order valence-electron chi connectivity index (χ3n) is 3.32. The normalized spacial score (nSPS) is 10.4. The molecule has 0 fully saturated rings. The van der Waals surface area contributed by atoms with E-state index >= 15 is 0 Å². The molecule has 0 aliphatic rings. The van der Waals surface area contributed by atoms with Gasteiger partial charge in [0, 0.05) is 5.56 Å². The van der Waals surface area contributed by atoms with Crippen LogP contribution in [0.4, 0.5) is 0 Å². The molecule has 3 nitrogen and oxygen atoms in total. The smallest absolute Gasteiger partial charge is 0.339 e. The molecule has 0 aromatic heterocycles. The van der Waals surface area contributed by atoms with Gasteiger partial charge < -0.3 is 10.2 Å². The second kappa shape index (κ2) is 6.24. The predicted molar refractivity (Wildman–Crippen MR) is 79.1 cm³/mol. The van der Waals surface area contributed by atoms with Gasteiger partial charge in [-0.25, -0.2) is 4.79 Å². The molecule has 104 valence electrons. The van der Waals surface area contributed by atoms with Crippen molar-refractivity contribution < 1.29 is 15.0 Å². The Morgan fingerprint density at radius 1 is 1.15 bits per heavy atom. The molecule has 0 unspecified atom stereocenters. The summed E-state index contributed by atoms with van der Waals surface area (Å²) in [5.74, 6) is -1.29. The number of aromatic hydroxyl groups is 1. The van der Waals surface area contributed by atoms with E-state index in [1.807, 2.05) is 18.2 Å². The average molecular weight is 270 g/mol. The van der Waals surface area contributed by atoms with Gasteiger partial charge in [0.25, 0.3) is 0 Å². The zero-order valence-corrected chi connectivity index (χ0v) is 11.5. The Hall–Kier alpha value is -2.29. The number of hydrogen-bond acceptors (Lipinski definition) is 2. The van der Waals surface area contributed by atoms with E-state index < -0.39 is 5.97 Å². The van der Waals surface area contributed by atoms with Crippen molar-refractivity contribution in [2.75, 3.05) is 0 Å². The van der Waals surface area contributed by atoms with Crippen molar-refractivity contribution in [2.24, 2.45) is 0 Å². The maximum Gasteiger partial charge on any atom is 0.339 e. The molecular formula is C17H18O3. The number of hydrogen-bond donors (Lipinski definition) is 2. The molecule has 0 spiro atoms. The van der Waals surface area contributed by atoms with Gasteiger partial charge in [-0.1, -0.05) is 49.7 Å². The molecule has 3 heteroatoms. The van der Waals surface area contributed by atoms with Crippen LogP contribution in [0.25, 0.3) is 11.1 Å². The SMILES string of the molecule is CCCCc1cccc(-c2cccc(C(=O)O)c2O)c1. The van der Waals surface area contributed by atoms with Crippen molar-refractivity contribution in [1.82, 2.24) is 0 Å². The summed E-state index contributed by atoms with van der Waals surface area (Å²) in [6.45, 7) is 2.14. The highest BCUT2D eigenvalue weighted by Gasteiger charge is 2.14. The molecular weight excluding hydrogens is 252 g/mol. The first-order valence-electron chi connectivity index (χ1n) is 6.78. The highest BCUT2D eigenvalue weighted by Crippen LogP contribution is 2.32. The number of phenols is 1. The third-order valence-corrected chi connectivity index (χ3v) is 3.32. The number of benzene rings is 2. The van der Waals surface area contributed by atoms with Crippen molar-refractivity contribution >= 4 is 5.97 Å². The molecule has 0 radical (unpaired) electrons. The first-order chi connectivity index (χ1) is 9.63. The van der Waals surface area contributed by atoms with E-state index in [0.29, 0.717) is 5.56 Å². The summed E-state index contributed by atoms with van der Waals surface area (Å²) in [4.78, 5) is 11.1. The first kappa shape index (κ1) is 14.1. The minimum atomic E-state index is -1.12. The highest BCUT2D eigenvalue weighted by molar-refractivity contribution is 5.94. The van der Waals surface area contributed by atoms with Crippen molar-refractivity contribution in [3.63, 3.8) is 0 Å². The average Bonchev–Trinajstić information content (AvgIpc) is 2.45. The lowest BCUT2D eigenvalue weighted by molar-refractivity contribution is 0.0694. The first-order valence-corrected chi connectivity index (χ1v) is 6.78. The summed E-state index contributed by atoms with van der Waals surface area (Å²) >= 11 is 0. The van der Waals surface area contributed by atoms with E-state index in [9.17, 15) is 9.90 Å².